The molecule has 2 saturated heterocycles. The number of aliphatic hydroxyl groups excluding tert-OH is 2. The summed E-state index contributed by atoms with van der Waals surface area (Å²) in [5.41, 5.74) is 3.86. The average molecular weight is 283 g/mol. The van der Waals surface area contributed by atoms with Gasteiger partial charge >= 0.3 is 5.69 Å². The van der Waals surface area contributed by atoms with Crippen molar-refractivity contribution in [3.8, 4) is 0 Å². The van der Waals surface area contributed by atoms with E-state index < -0.39 is 29.7 Å². The predicted octanol–water partition coefficient (Wildman–Crippen LogP) is -1.37. The van der Waals surface area contributed by atoms with E-state index >= 15 is 0 Å². The second-order valence-electron chi connectivity index (χ2n) is 5.16. The number of aliphatic hydroxyl groups is 2. The number of nitrogen functional groups attached to an aromatic ring is 1. The second-order valence-corrected chi connectivity index (χ2v) is 5.16. The summed E-state index contributed by atoms with van der Waals surface area (Å²) in [6, 6.07) is 1.45. The summed E-state index contributed by atoms with van der Waals surface area (Å²) in [6.07, 6.45) is 0.0673. The van der Waals surface area contributed by atoms with Gasteiger partial charge in [0.05, 0.1) is 6.61 Å². The minimum Gasteiger partial charge on any atom is -0.393 e. The molecule has 4 N–H and O–H groups in total. The number of nitrogens with two attached hydrogens (primary N) is 1. The van der Waals surface area contributed by atoms with Crippen molar-refractivity contribution < 1.29 is 19.7 Å². The minimum atomic E-state index is -1.05. The Kier molecular flexibility index (Phi) is 3.25. The lowest BCUT2D eigenvalue weighted by atomic mass is 9.89. The van der Waals surface area contributed by atoms with Crippen LogP contribution in [0.3, 0.4) is 0 Å². The Bertz CT molecular complexity index is 562. The third kappa shape index (κ3) is 1.92. The minimum absolute atomic E-state index is 0.101. The van der Waals surface area contributed by atoms with Crippen LogP contribution in [0.2, 0.25) is 0 Å². The van der Waals surface area contributed by atoms with E-state index in [0.717, 1.165) is 6.42 Å². The molecule has 0 radical (unpaired) electrons. The number of hydrogen-bond donors (Lipinski definition) is 3. The Morgan fingerprint density at radius 3 is 3.05 bits per heavy atom. The van der Waals surface area contributed by atoms with E-state index in [-0.39, 0.29) is 12.4 Å². The van der Waals surface area contributed by atoms with Gasteiger partial charge in [-0.25, -0.2) is 4.79 Å². The zero-order valence-corrected chi connectivity index (χ0v) is 10.8. The zero-order valence-electron chi connectivity index (χ0n) is 10.8. The molecule has 20 heavy (non-hydrogen) atoms. The van der Waals surface area contributed by atoms with Crippen LogP contribution in [0.15, 0.2) is 17.1 Å². The summed E-state index contributed by atoms with van der Waals surface area (Å²) in [4.78, 5) is 15.5. The monoisotopic (exact) mass is 283 g/mol. The van der Waals surface area contributed by atoms with Crippen LogP contribution in [0, 0.1) is 0 Å². The van der Waals surface area contributed by atoms with Gasteiger partial charge in [0.15, 0.2) is 6.23 Å². The molecule has 0 aliphatic carbocycles. The Balaban J connectivity index is 1.97. The fourth-order valence-electron chi connectivity index (χ4n) is 2.92. The maximum Gasteiger partial charge on any atom is 0.351 e. The molecule has 0 spiro atoms. The Labute approximate surface area is 114 Å². The summed E-state index contributed by atoms with van der Waals surface area (Å²) in [5.74, 6) is 0.101. The summed E-state index contributed by atoms with van der Waals surface area (Å²) < 4.78 is 12.5. The average Bonchev–Trinajstić information content (AvgIpc) is 2.74. The van der Waals surface area contributed by atoms with Crippen molar-refractivity contribution in [3.05, 3.63) is 22.7 Å². The van der Waals surface area contributed by atoms with Gasteiger partial charge < -0.3 is 25.4 Å². The van der Waals surface area contributed by atoms with Crippen LogP contribution >= 0.6 is 0 Å². The SMILES string of the molecule is Nc1ccn([C@@H]2O[C@@]3(CO)CCCO[C@H]3[C@H]2O)c(=O)n1. The molecule has 1 aromatic heterocycles. The molecule has 4 atom stereocenters. The molecular formula is C12H17N3O5. The van der Waals surface area contributed by atoms with Crippen LogP contribution in [-0.2, 0) is 9.47 Å². The smallest absolute Gasteiger partial charge is 0.351 e. The van der Waals surface area contributed by atoms with Crippen LogP contribution < -0.4 is 11.4 Å². The molecule has 3 rings (SSSR count). The number of rotatable bonds is 2. The Morgan fingerprint density at radius 2 is 2.40 bits per heavy atom. The van der Waals surface area contributed by atoms with Crippen LogP contribution in [0.4, 0.5) is 5.82 Å². The highest BCUT2D eigenvalue weighted by Gasteiger charge is 2.57. The van der Waals surface area contributed by atoms with Crippen LogP contribution in [0.5, 0.6) is 0 Å². The van der Waals surface area contributed by atoms with E-state index in [1.54, 1.807) is 0 Å². The maximum absolute atomic E-state index is 11.8. The molecule has 0 amide bonds. The van der Waals surface area contributed by atoms with Crippen molar-refractivity contribution in [3.63, 3.8) is 0 Å². The summed E-state index contributed by atoms with van der Waals surface area (Å²) >= 11 is 0. The van der Waals surface area contributed by atoms with Crippen LogP contribution in [-0.4, -0.2) is 50.8 Å². The first kappa shape index (κ1) is 13.5. The molecule has 0 bridgehead atoms. The van der Waals surface area contributed by atoms with Crippen LogP contribution in [0.25, 0.3) is 0 Å². The van der Waals surface area contributed by atoms with Crippen molar-refractivity contribution in [2.45, 2.75) is 36.9 Å². The molecule has 2 aliphatic rings. The van der Waals surface area contributed by atoms with Crippen molar-refractivity contribution in [2.75, 3.05) is 18.9 Å². The number of hydrogen-bond acceptors (Lipinski definition) is 7. The van der Waals surface area contributed by atoms with E-state index in [1.165, 1.54) is 16.8 Å². The molecular weight excluding hydrogens is 266 g/mol. The van der Waals surface area contributed by atoms with E-state index in [4.69, 9.17) is 15.2 Å². The highest BCUT2D eigenvalue weighted by Crippen LogP contribution is 2.43. The predicted molar refractivity (Wildman–Crippen MR) is 67.8 cm³/mol. The first-order chi connectivity index (χ1) is 9.57. The van der Waals surface area contributed by atoms with Gasteiger partial charge in [-0.05, 0) is 18.9 Å². The first-order valence-corrected chi connectivity index (χ1v) is 6.50. The lowest BCUT2D eigenvalue weighted by Gasteiger charge is -2.36. The number of fused-ring (bicyclic) bond motifs is 1. The van der Waals surface area contributed by atoms with E-state index in [9.17, 15) is 15.0 Å². The lowest BCUT2D eigenvalue weighted by molar-refractivity contribution is -0.167. The van der Waals surface area contributed by atoms with Gasteiger partial charge in [0, 0.05) is 12.8 Å². The third-order valence-corrected chi connectivity index (χ3v) is 3.91. The van der Waals surface area contributed by atoms with Gasteiger partial charge in [0.2, 0.25) is 0 Å². The molecule has 2 fully saturated rings. The Hall–Kier alpha value is -1.48. The normalized spacial score (nSPS) is 36.8. The maximum atomic E-state index is 11.8. The molecule has 8 nitrogen and oxygen atoms in total. The molecule has 110 valence electrons. The van der Waals surface area contributed by atoms with Gasteiger partial charge in [0.1, 0.15) is 23.6 Å². The van der Waals surface area contributed by atoms with Gasteiger partial charge in [-0.3, -0.25) is 4.57 Å². The van der Waals surface area contributed by atoms with Gasteiger partial charge in [-0.15, -0.1) is 0 Å². The fraction of sp³-hybridized carbons (Fsp3) is 0.667. The van der Waals surface area contributed by atoms with Gasteiger partial charge in [-0.1, -0.05) is 0 Å². The topological polar surface area (TPSA) is 120 Å². The number of nitrogens with zero attached hydrogens (tertiary/aromatic N) is 2. The molecule has 1 aromatic rings. The molecule has 8 heteroatoms. The Morgan fingerprint density at radius 1 is 1.60 bits per heavy atom. The zero-order chi connectivity index (χ0) is 14.3. The van der Waals surface area contributed by atoms with Crippen LogP contribution in [0.1, 0.15) is 19.1 Å². The van der Waals surface area contributed by atoms with Crippen molar-refractivity contribution in [1.29, 1.82) is 0 Å². The summed E-state index contributed by atoms with van der Waals surface area (Å²) in [7, 11) is 0. The second kappa shape index (κ2) is 4.81. The van der Waals surface area contributed by atoms with Crippen molar-refractivity contribution in [1.82, 2.24) is 9.55 Å². The highest BCUT2D eigenvalue weighted by atomic mass is 16.6. The number of aromatic nitrogens is 2. The lowest BCUT2D eigenvalue weighted by Crippen LogP contribution is -2.50. The molecule has 2 aliphatic heterocycles. The number of anilines is 1. The number of ether oxygens (including phenoxy) is 2. The van der Waals surface area contributed by atoms with Crippen molar-refractivity contribution in [2.24, 2.45) is 0 Å². The van der Waals surface area contributed by atoms with E-state index in [1.807, 2.05) is 0 Å². The summed E-state index contributed by atoms with van der Waals surface area (Å²) in [6.45, 7) is 0.219. The largest absolute Gasteiger partial charge is 0.393 e. The highest BCUT2D eigenvalue weighted by molar-refractivity contribution is 5.23. The molecule has 0 aromatic carbocycles. The van der Waals surface area contributed by atoms with Crippen molar-refractivity contribution >= 4 is 5.82 Å². The van der Waals surface area contributed by atoms with Gasteiger partial charge in [-0.2, -0.15) is 4.98 Å². The molecule has 3 heterocycles. The molecule has 0 unspecified atom stereocenters. The third-order valence-electron chi connectivity index (χ3n) is 3.91. The first-order valence-electron chi connectivity index (χ1n) is 6.50. The van der Waals surface area contributed by atoms with E-state index in [0.29, 0.717) is 13.0 Å². The summed E-state index contributed by atoms with van der Waals surface area (Å²) in [5, 5.41) is 20.0. The standard InChI is InChI=1S/C12H17N3O5/c13-7-2-4-15(11(18)14-7)10-8(17)9-12(6-16,20-10)3-1-5-19-9/h2,4,8-10,16-17H,1,3,5-6H2,(H2,13,14,18)/t8-,9+,10-,12-/m1/s1. The molecule has 0 saturated carbocycles. The van der Waals surface area contributed by atoms with Gasteiger partial charge in [0.25, 0.3) is 0 Å². The van der Waals surface area contributed by atoms with E-state index in [2.05, 4.69) is 4.98 Å². The fourth-order valence-corrected chi connectivity index (χ4v) is 2.92. The quantitative estimate of drug-likeness (QED) is 0.612.